The molecule has 0 spiro atoms. The molecule has 0 fully saturated rings. The van der Waals surface area contributed by atoms with Gasteiger partial charge in [0.15, 0.2) is 0 Å². The van der Waals surface area contributed by atoms with Crippen LogP contribution in [0.25, 0.3) is 0 Å². The van der Waals surface area contributed by atoms with Crippen molar-refractivity contribution >= 4 is 0 Å². The van der Waals surface area contributed by atoms with Crippen LogP contribution < -0.4 is 0 Å². The predicted molar refractivity (Wildman–Crippen MR) is 50.9 cm³/mol. The lowest BCUT2D eigenvalue weighted by atomic mass is 10.0. The molecule has 0 aliphatic heterocycles. The molecule has 0 rings (SSSR count). The summed E-state index contributed by atoms with van der Waals surface area (Å²) < 4.78 is 0. The highest BCUT2D eigenvalue weighted by molar-refractivity contribution is 4.97. The molecule has 72 valence electrons. The number of hydrogen-bond acceptors (Lipinski definition) is 2. The third kappa shape index (κ3) is 6.38. The van der Waals surface area contributed by atoms with Gasteiger partial charge in [-0.25, -0.2) is 0 Å². The predicted octanol–water partition coefficient (Wildman–Crippen LogP) is 1.72. The maximum Gasteiger partial charge on any atom is 0.0639 e. The van der Waals surface area contributed by atoms with Crippen molar-refractivity contribution in [1.29, 1.82) is 0 Å². The lowest BCUT2D eigenvalue weighted by Crippen LogP contribution is -1.97. The van der Waals surface area contributed by atoms with Crippen molar-refractivity contribution in [3.05, 3.63) is 11.6 Å². The van der Waals surface area contributed by atoms with Crippen LogP contribution in [-0.4, -0.2) is 23.4 Å². The number of aliphatic hydroxyl groups excluding tert-OH is 2. The first-order valence-electron chi connectivity index (χ1n) is 4.58. The fraction of sp³-hybridized carbons (Fsp3) is 0.800. The molecule has 0 aromatic carbocycles. The van der Waals surface area contributed by atoms with Crippen molar-refractivity contribution in [3.63, 3.8) is 0 Å². The van der Waals surface area contributed by atoms with Crippen LogP contribution >= 0.6 is 0 Å². The molecule has 0 aliphatic carbocycles. The monoisotopic (exact) mass is 172 g/mol. The van der Waals surface area contributed by atoms with Gasteiger partial charge in [-0.05, 0) is 32.1 Å². The minimum Gasteiger partial charge on any atom is -0.396 e. The van der Waals surface area contributed by atoms with Crippen molar-refractivity contribution < 1.29 is 10.2 Å². The van der Waals surface area contributed by atoms with Crippen LogP contribution in [0.15, 0.2) is 11.6 Å². The fourth-order valence-corrected chi connectivity index (χ4v) is 1.04. The summed E-state index contributed by atoms with van der Waals surface area (Å²) in [4.78, 5) is 0. The van der Waals surface area contributed by atoms with E-state index in [9.17, 15) is 0 Å². The summed E-state index contributed by atoms with van der Waals surface area (Å²) in [5.74, 6) is 0.581. The molecule has 0 unspecified atom stereocenters. The van der Waals surface area contributed by atoms with Crippen molar-refractivity contribution in [1.82, 2.24) is 0 Å². The number of aliphatic hydroxyl groups is 2. The summed E-state index contributed by atoms with van der Waals surface area (Å²) in [6, 6.07) is 0. The Hall–Kier alpha value is -0.340. The van der Waals surface area contributed by atoms with E-state index in [-0.39, 0.29) is 13.2 Å². The van der Waals surface area contributed by atoms with Gasteiger partial charge in [-0.3, -0.25) is 0 Å². The highest BCUT2D eigenvalue weighted by Gasteiger charge is 1.98. The van der Waals surface area contributed by atoms with E-state index in [0.29, 0.717) is 5.92 Å². The minimum atomic E-state index is 0.161. The van der Waals surface area contributed by atoms with Gasteiger partial charge < -0.3 is 10.2 Å². The zero-order valence-electron chi connectivity index (χ0n) is 8.08. The van der Waals surface area contributed by atoms with E-state index in [1.807, 2.05) is 6.92 Å². The second kappa shape index (κ2) is 7.32. The van der Waals surface area contributed by atoms with Crippen LogP contribution in [0, 0.1) is 5.92 Å². The van der Waals surface area contributed by atoms with Crippen molar-refractivity contribution in [2.24, 2.45) is 5.92 Å². The maximum atomic E-state index is 8.70. The molecular weight excluding hydrogens is 152 g/mol. The molecule has 0 aromatic heterocycles. The third-order valence-corrected chi connectivity index (χ3v) is 2.02. The molecule has 2 N–H and O–H groups in total. The van der Waals surface area contributed by atoms with Gasteiger partial charge in [0.1, 0.15) is 0 Å². The van der Waals surface area contributed by atoms with Crippen molar-refractivity contribution in [2.75, 3.05) is 13.2 Å². The Morgan fingerprint density at radius 2 is 2.00 bits per heavy atom. The lowest BCUT2D eigenvalue weighted by Gasteiger charge is -2.06. The number of hydrogen-bond donors (Lipinski definition) is 2. The molecule has 2 nitrogen and oxygen atoms in total. The normalized spacial score (nSPS) is 14.8. The molecule has 2 heteroatoms. The summed E-state index contributed by atoms with van der Waals surface area (Å²) >= 11 is 0. The van der Waals surface area contributed by atoms with Crippen LogP contribution in [0.1, 0.15) is 33.1 Å². The van der Waals surface area contributed by atoms with Gasteiger partial charge in [0, 0.05) is 6.61 Å². The molecule has 0 radical (unpaired) electrons. The molecule has 0 aromatic rings. The van der Waals surface area contributed by atoms with E-state index in [4.69, 9.17) is 10.2 Å². The van der Waals surface area contributed by atoms with Gasteiger partial charge >= 0.3 is 0 Å². The summed E-state index contributed by atoms with van der Waals surface area (Å²) in [5, 5.41) is 17.3. The first kappa shape index (κ1) is 11.7. The maximum absolute atomic E-state index is 8.70. The Kier molecular flexibility index (Phi) is 7.11. The average molecular weight is 172 g/mol. The van der Waals surface area contributed by atoms with Crippen LogP contribution in [0.3, 0.4) is 0 Å². The van der Waals surface area contributed by atoms with Crippen LogP contribution in [0.4, 0.5) is 0 Å². The Bertz CT molecular complexity index is 130. The lowest BCUT2D eigenvalue weighted by molar-refractivity contribution is 0.259. The highest BCUT2D eigenvalue weighted by Crippen LogP contribution is 2.10. The highest BCUT2D eigenvalue weighted by atomic mass is 16.3. The van der Waals surface area contributed by atoms with Gasteiger partial charge in [0.05, 0.1) is 6.61 Å². The van der Waals surface area contributed by atoms with E-state index >= 15 is 0 Å². The zero-order chi connectivity index (χ0) is 9.40. The van der Waals surface area contributed by atoms with E-state index in [1.54, 1.807) is 0 Å². The standard InChI is InChI=1S/C10H20O2/c1-9(6-7-11)4-3-5-10(2)8-12/h5,9,11-12H,3-4,6-8H2,1-2H3/b10-5-/t9-/m0/s1. The molecule has 0 amide bonds. The van der Waals surface area contributed by atoms with Crippen molar-refractivity contribution in [2.45, 2.75) is 33.1 Å². The summed E-state index contributed by atoms with van der Waals surface area (Å²) in [5.41, 5.74) is 1.03. The molecule has 12 heavy (non-hydrogen) atoms. The summed E-state index contributed by atoms with van der Waals surface area (Å²) in [6.07, 6.45) is 5.05. The fourth-order valence-electron chi connectivity index (χ4n) is 1.04. The Balaban J connectivity index is 3.41. The Morgan fingerprint density at radius 1 is 1.33 bits per heavy atom. The van der Waals surface area contributed by atoms with E-state index < -0.39 is 0 Å². The molecular formula is C10H20O2. The largest absolute Gasteiger partial charge is 0.396 e. The van der Waals surface area contributed by atoms with Crippen LogP contribution in [0.5, 0.6) is 0 Å². The van der Waals surface area contributed by atoms with E-state index in [0.717, 1.165) is 24.8 Å². The first-order valence-corrected chi connectivity index (χ1v) is 4.58. The van der Waals surface area contributed by atoms with Gasteiger partial charge in [-0.15, -0.1) is 0 Å². The Morgan fingerprint density at radius 3 is 2.50 bits per heavy atom. The van der Waals surface area contributed by atoms with Gasteiger partial charge in [-0.1, -0.05) is 18.6 Å². The molecule has 0 saturated heterocycles. The molecule has 0 bridgehead atoms. The van der Waals surface area contributed by atoms with Crippen LogP contribution in [-0.2, 0) is 0 Å². The minimum absolute atomic E-state index is 0.161. The number of rotatable bonds is 6. The van der Waals surface area contributed by atoms with Gasteiger partial charge in [-0.2, -0.15) is 0 Å². The SMILES string of the molecule is C/C(=C/CC[C@H](C)CCO)CO. The number of allylic oxidation sites excluding steroid dienone is 1. The van der Waals surface area contributed by atoms with Crippen molar-refractivity contribution in [3.8, 4) is 0 Å². The smallest absolute Gasteiger partial charge is 0.0639 e. The molecule has 1 atom stereocenters. The second-order valence-corrected chi connectivity index (χ2v) is 3.40. The van der Waals surface area contributed by atoms with E-state index in [2.05, 4.69) is 13.0 Å². The second-order valence-electron chi connectivity index (χ2n) is 3.40. The van der Waals surface area contributed by atoms with Gasteiger partial charge in [0.2, 0.25) is 0 Å². The first-order chi connectivity index (χ1) is 5.70. The van der Waals surface area contributed by atoms with Gasteiger partial charge in [0.25, 0.3) is 0 Å². The summed E-state index contributed by atoms with van der Waals surface area (Å²) in [6.45, 7) is 4.51. The quantitative estimate of drug-likeness (QED) is 0.599. The molecule has 0 aliphatic rings. The third-order valence-electron chi connectivity index (χ3n) is 2.02. The van der Waals surface area contributed by atoms with Crippen LogP contribution in [0.2, 0.25) is 0 Å². The molecule has 0 saturated carbocycles. The average Bonchev–Trinajstić information content (AvgIpc) is 2.04. The Labute approximate surface area is 74.9 Å². The summed E-state index contributed by atoms with van der Waals surface area (Å²) in [7, 11) is 0. The topological polar surface area (TPSA) is 40.5 Å². The molecule has 0 heterocycles. The zero-order valence-corrected chi connectivity index (χ0v) is 8.08. The van der Waals surface area contributed by atoms with E-state index in [1.165, 1.54) is 0 Å².